The molecule has 7 nitrogen and oxygen atoms in total. The first kappa shape index (κ1) is 20.3. The van der Waals surface area contributed by atoms with Crippen LogP contribution in [0.5, 0.6) is 0 Å². The molecule has 1 atom stereocenters. The summed E-state index contributed by atoms with van der Waals surface area (Å²) in [7, 11) is -3.80. The van der Waals surface area contributed by atoms with Gasteiger partial charge in [0.25, 0.3) is 0 Å². The van der Waals surface area contributed by atoms with Gasteiger partial charge in [0.1, 0.15) is 6.04 Å². The van der Waals surface area contributed by atoms with Crippen molar-refractivity contribution in [2.24, 2.45) is 0 Å². The Balaban J connectivity index is 1.74. The van der Waals surface area contributed by atoms with Gasteiger partial charge in [0.05, 0.1) is 4.90 Å². The van der Waals surface area contributed by atoms with Gasteiger partial charge < -0.3 is 10.6 Å². The van der Waals surface area contributed by atoms with Crippen molar-refractivity contribution in [3.8, 4) is 0 Å². The van der Waals surface area contributed by atoms with E-state index in [0.29, 0.717) is 29.2 Å². The number of rotatable bonds is 5. The zero-order valence-corrected chi connectivity index (χ0v) is 16.8. The molecule has 9 heteroatoms. The second-order valence-corrected chi connectivity index (χ2v) is 8.80. The van der Waals surface area contributed by atoms with Gasteiger partial charge in [-0.3, -0.25) is 9.59 Å². The van der Waals surface area contributed by atoms with Crippen molar-refractivity contribution in [1.29, 1.82) is 0 Å². The molecule has 2 aromatic carbocycles. The van der Waals surface area contributed by atoms with Gasteiger partial charge in [0, 0.05) is 29.9 Å². The van der Waals surface area contributed by atoms with Crippen molar-refractivity contribution < 1.29 is 18.0 Å². The molecule has 2 N–H and O–H groups in total. The van der Waals surface area contributed by atoms with Crippen molar-refractivity contribution >= 4 is 44.8 Å². The lowest BCUT2D eigenvalue weighted by Crippen LogP contribution is -2.43. The van der Waals surface area contributed by atoms with E-state index in [-0.39, 0.29) is 23.3 Å². The van der Waals surface area contributed by atoms with Crippen LogP contribution in [0, 0.1) is 0 Å². The molecule has 0 radical (unpaired) electrons. The van der Waals surface area contributed by atoms with Gasteiger partial charge in [0.2, 0.25) is 21.8 Å². The van der Waals surface area contributed by atoms with E-state index in [9.17, 15) is 18.0 Å². The summed E-state index contributed by atoms with van der Waals surface area (Å²) >= 11 is 5.83. The largest absolute Gasteiger partial charge is 0.326 e. The van der Waals surface area contributed by atoms with E-state index in [4.69, 9.17) is 11.6 Å². The molecule has 0 aromatic heterocycles. The molecule has 0 aliphatic carbocycles. The molecule has 0 bridgehead atoms. The molecule has 148 valence electrons. The van der Waals surface area contributed by atoms with Crippen molar-refractivity contribution in [3.05, 3.63) is 53.6 Å². The van der Waals surface area contributed by atoms with Crippen LogP contribution < -0.4 is 10.6 Å². The maximum Gasteiger partial charge on any atom is 0.243 e. The number of amides is 2. The van der Waals surface area contributed by atoms with Crippen LogP contribution in [0.1, 0.15) is 19.8 Å². The van der Waals surface area contributed by atoms with Crippen LogP contribution in [-0.2, 0) is 19.6 Å². The highest BCUT2D eigenvalue weighted by Gasteiger charge is 2.39. The highest BCUT2D eigenvalue weighted by atomic mass is 35.5. The second kappa shape index (κ2) is 8.30. The molecular weight excluding hydrogens is 402 g/mol. The zero-order valence-electron chi connectivity index (χ0n) is 15.2. The van der Waals surface area contributed by atoms with E-state index in [0.717, 1.165) is 0 Å². The summed E-state index contributed by atoms with van der Waals surface area (Å²) in [4.78, 5) is 23.9. The minimum absolute atomic E-state index is 0.108. The molecule has 1 aliphatic rings. The van der Waals surface area contributed by atoms with Crippen LogP contribution in [-0.4, -0.2) is 37.1 Å². The van der Waals surface area contributed by atoms with E-state index in [1.807, 2.05) is 0 Å². The Morgan fingerprint density at radius 3 is 2.14 bits per heavy atom. The van der Waals surface area contributed by atoms with Crippen molar-refractivity contribution in [2.75, 3.05) is 17.2 Å². The lowest BCUT2D eigenvalue weighted by atomic mass is 10.2. The fourth-order valence-electron chi connectivity index (χ4n) is 3.10. The summed E-state index contributed by atoms with van der Waals surface area (Å²) in [6, 6.07) is 11.7. The number of carbonyl (C=O) groups is 2. The van der Waals surface area contributed by atoms with Crippen molar-refractivity contribution in [3.63, 3.8) is 0 Å². The van der Waals surface area contributed by atoms with Crippen LogP contribution in [0.2, 0.25) is 5.02 Å². The average molecular weight is 422 g/mol. The number of sulfonamides is 1. The van der Waals surface area contributed by atoms with Gasteiger partial charge in [-0.2, -0.15) is 4.31 Å². The third-order valence-electron chi connectivity index (χ3n) is 4.40. The van der Waals surface area contributed by atoms with E-state index in [1.165, 1.54) is 35.5 Å². The molecule has 1 saturated heterocycles. The maximum absolute atomic E-state index is 12.9. The number of hydrogen-bond donors (Lipinski definition) is 2. The smallest absolute Gasteiger partial charge is 0.243 e. The predicted molar refractivity (Wildman–Crippen MR) is 108 cm³/mol. The lowest BCUT2D eigenvalue weighted by Gasteiger charge is -2.23. The Bertz CT molecular complexity index is 975. The standard InChI is InChI=1S/C19H20ClN3O4S/c1-13(24)21-15-6-8-16(9-7-15)22-19(25)18-3-2-12-23(18)28(26,27)17-10-4-14(20)5-11-17/h4-11,18H,2-3,12H2,1H3,(H,21,24)(H,22,25)/t18-/m0/s1. The summed E-state index contributed by atoms with van der Waals surface area (Å²) in [5.74, 6) is -0.576. The van der Waals surface area contributed by atoms with Crippen LogP contribution in [0.4, 0.5) is 11.4 Å². The molecular formula is C19H20ClN3O4S. The summed E-state index contributed by atoms with van der Waals surface area (Å²) < 4.78 is 27.1. The first-order chi connectivity index (χ1) is 13.3. The summed E-state index contributed by atoms with van der Waals surface area (Å²) in [6.45, 7) is 1.69. The highest BCUT2D eigenvalue weighted by Crippen LogP contribution is 2.28. The number of nitrogens with zero attached hydrogens (tertiary/aromatic N) is 1. The van der Waals surface area contributed by atoms with Crippen LogP contribution in [0.3, 0.4) is 0 Å². The molecule has 2 amide bonds. The van der Waals surface area contributed by atoms with E-state index in [1.54, 1.807) is 24.3 Å². The van der Waals surface area contributed by atoms with E-state index in [2.05, 4.69) is 10.6 Å². The average Bonchev–Trinajstić information content (AvgIpc) is 3.14. The Labute approximate surface area is 168 Å². The van der Waals surface area contributed by atoms with Gasteiger partial charge in [-0.1, -0.05) is 11.6 Å². The number of nitrogens with one attached hydrogen (secondary N) is 2. The van der Waals surface area contributed by atoms with E-state index < -0.39 is 16.1 Å². The number of benzene rings is 2. The molecule has 1 heterocycles. The summed E-state index contributed by atoms with van der Waals surface area (Å²) in [5.41, 5.74) is 1.13. The quantitative estimate of drug-likeness (QED) is 0.775. The maximum atomic E-state index is 12.9. The van der Waals surface area contributed by atoms with Gasteiger partial charge in [-0.25, -0.2) is 8.42 Å². The van der Waals surface area contributed by atoms with Crippen LogP contribution >= 0.6 is 11.6 Å². The Morgan fingerprint density at radius 1 is 1.00 bits per heavy atom. The molecule has 0 spiro atoms. The number of anilines is 2. The summed E-state index contributed by atoms with van der Waals surface area (Å²) in [6.07, 6.45) is 1.05. The lowest BCUT2D eigenvalue weighted by molar-refractivity contribution is -0.119. The first-order valence-corrected chi connectivity index (χ1v) is 10.5. The van der Waals surface area contributed by atoms with Crippen LogP contribution in [0.25, 0.3) is 0 Å². The molecule has 0 unspecified atom stereocenters. The van der Waals surface area contributed by atoms with Crippen molar-refractivity contribution in [1.82, 2.24) is 4.31 Å². The third-order valence-corrected chi connectivity index (χ3v) is 6.57. The summed E-state index contributed by atoms with van der Waals surface area (Å²) in [5, 5.41) is 5.83. The Morgan fingerprint density at radius 2 is 1.57 bits per heavy atom. The Kier molecular flexibility index (Phi) is 6.02. The van der Waals surface area contributed by atoms with Crippen molar-refractivity contribution in [2.45, 2.75) is 30.7 Å². The Hall–Kier alpha value is -2.42. The second-order valence-electron chi connectivity index (χ2n) is 6.48. The van der Waals surface area contributed by atoms with Gasteiger partial charge >= 0.3 is 0 Å². The number of hydrogen-bond acceptors (Lipinski definition) is 4. The predicted octanol–water partition coefficient (Wildman–Crippen LogP) is 3.09. The minimum Gasteiger partial charge on any atom is -0.326 e. The molecule has 3 rings (SSSR count). The van der Waals surface area contributed by atoms with Gasteiger partial charge in [0.15, 0.2) is 0 Å². The van der Waals surface area contributed by atoms with Gasteiger partial charge in [-0.15, -0.1) is 0 Å². The fourth-order valence-corrected chi connectivity index (χ4v) is 4.88. The van der Waals surface area contributed by atoms with Gasteiger partial charge in [-0.05, 0) is 61.4 Å². The number of halogens is 1. The monoisotopic (exact) mass is 421 g/mol. The topological polar surface area (TPSA) is 95.6 Å². The third kappa shape index (κ3) is 4.52. The normalized spacial score (nSPS) is 17.3. The van der Waals surface area contributed by atoms with Crippen LogP contribution in [0.15, 0.2) is 53.4 Å². The molecule has 1 fully saturated rings. The fraction of sp³-hybridized carbons (Fsp3) is 0.263. The molecule has 2 aromatic rings. The minimum atomic E-state index is -3.80. The molecule has 0 saturated carbocycles. The highest BCUT2D eigenvalue weighted by molar-refractivity contribution is 7.89. The number of carbonyl (C=O) groups excluding carboxylic acids is 2. The zero-order chi connectivity index (χ0) is 20.3. The van der Waals surface area contributed by atoms with E-state index >= 15 is 0 Å². The molecule has 28 heavy (non-hydrogen) atoms. The SMILES string of the molecule is CC(=O)Nc1ccc(NC(=O)[C@@H]2CCCN2S(=O)(=O)c2ccc(Cl)cc2)cc1. The molecule has 1 aliphatic heterocycles. The first-order valence-electron chi connectivity index (χ1n) is 8.73.